The number of hydrogen-bond acceptors (Lipinski definition) is 2. The molecule has 17 heavy (non-hydrogen) atoms. The number of phenols is 1. The summed E-state index contributed by atoms with van der Waals surface area (Å²) in [7, 11) is 0. The van der Waals surface area contributed by atoms with Crippen molar-refractivity contribution in [1.82, 2.24) is 0 Å². The van der Waals surface area contributed by atoms with E-state index < -0.39 is 0 Å². The Labute approximate surface area is 102 Å². The van der Waals surface area contributed by atoms with Crippen molar-refractivity contribution < 1.29 is 5.11 Å². The Bertz CT molecular complexity index is 494. The molecule has 0 aliphatic rings. The minimum atomic E-state index is 0.154. The van der Waals surface area contributed by atoms with E-state index in [0.29, 0.717) is 11.6 Å². The lowest BCUT2D eigenvalue weighted by Crippen LogP contribution is -1.99. The van der Waals surface area contributed by atoms with E-state index in [1.807, 2.05) is 18.2 Å². The predicted molar refractivity (Wildman–Crippen MR) is 71.1 cm³/mol. The van der Waals surface area contributed by atoms with Crippen LogP contribution in [0.2, 0.25) is 0 Å². The van der Waals surface area contributed by atoms with Gasteiger partial charge in [0, 0.05) is 0 Å². The number of phenolic OH excluding ortho intramolecular Hbond substituents is 1. The van der Waals surface area contributed by atoms with Gasteiger partial charge in [0.25, 0.3) is 0 Å². The number of hydrogen-bond donors (Lipinski definition) is 2. The van der Waals surface area contributed by atoms with Gasteiger partial charge in [-0.3, -0.25) is 0 Å². The summed E-state index contributed by atoms with van der Waals surface area (Å²) in [5.41, 5.74) is 8.60. The van der Waals surface area contributed by atoms with Crippen molar-refractivity contribution in [3.63, 3.8) is 0 Å². The van der Waals surface area contributed by atoms with Crippen LogP contribution < -0.4 is 5.73 Å². The van der Waals surface area contributed by atoms with Crippen LogP contribution in [0, 0.1) is 0 Å². The lowest BCUT2D eigenvalue weighted by atomic mass is 9.93. The fraction of sp³-hybridized carbons (Fsp3) is 0.200. The van der Waals surface area contributed by atoms with Crippen LogP contribution in [0.3, 0.4) is 0 Å². The molecule has 88 valence electrons. The van der Waals surface area contributed by atoms with Crippen LogP contribution in [0.25, 0.3) is 0 Å². The lowest BCUT2D eigenvalue weighted by Gasteiger charge is -2.12. The Hall–Kier alpha value is -1.96. The molecule has 2 aromatic carbocycles. The zero-order valence-corrected chi connectivity index (χ0v) is 9.93. The minimum absolute atomic E-state index is 0.154. The molecule has 0 fully saturated rings. The maximum Gasteiger partial charge on any atom is 0.138 e. The number of aromatic hydroxyl groups is 1. The largest absolute Gasteiger partial charge is 0.506 e. The first kappa shape index (κ1) is 11.5. The van der Waals surface area contributed by atoms with E-state index in [-0.39, 0.29) is 5.75 Å². The summed E-state index contributed by atoms with van der Waals surface area (Å²) in [6.45, 7) is 2.19. The van der Waals surface area contributed by atoms with Crippen LogP contribution in [-0.2, 0) is 6.42 Å². The molecule has 2 heteroatoms. The topological polar surface area (TPSA) is 46.2 Å². The highest BCUT2D eigenvalue weighted by atomic mass is 16.3. The summed E-state index contributed by atoms with van der Waals surface area (Å²) in [5, 5.41) is 9.37. The van der Waals surface area contributed by atoms with Crippen molar-refractivity contribution in [1.29, 1.82) is 0 Å². The highest BCUT2D eigenvalue weighted by Crippen LogP contribution is 2.25. The molecule has 0 amide bonds. The van der Waals surface area contributed by atoms with Gasteiger partial charge in [0.15, 0.2) is 0 Å². The van der Waals surface area contributed by atoms with Crippen molar-refractivity contribution >= 4 is 5.69 Å². The Balaban J connectivity index is 2.13. The Morgan fingerprint density at radius 1 is 1.12 bits per heavy atom. The standard InChI is InChI=1S/C15H17NO/c1-11(13-5-3-2-4-6-13)9-12-7-8-15(17)14(16)10-12/h2-8,10-11,17H,9,16H2,1H3. The van der Waals surface area contributed by atoms with Crippen LogP contribution in [0.15, 0.2) is 48.5 Å². The lowest BCUT2D eigenvalue weighted by molar-refractivity contribution is 0.477. The maximum absolute atomic E-state index is 9.37. The van der Waals surface area contributed by atoms with E-state index in [0.717, 1.165) is 12.0 Å². The van der Waals surface area contributed by atoms with E-state index in [9.17, 15) is 5.11 Å². The van der Waals surface area contributed by atoms with E-state index in [4.69, 9.17) is 5.73 Å². The third-order valence-electron chi connectivity index (χ3n) is 3.00. The van der Waals surface area contributed by atoms with E-state index in [2.05, 4.69) is 31.2 Å². The quantitative estimate of drug-likeness (QED) is 0.624. The third kappa shape index (κ3) is 2.78. The summed E-state index contributed by atoms with van der Waals surface area (Å²) in [6.07, 6.45) is 0.925. The molecular formula is C15H17NO. The molecule has 1 atom stereocenters. The van der Waals surface area contributed by atoms with Crippen LogP contribution >= 0.6 is 0 Å². The van der Waals surface area contributed by atoms with Crippen LogP contribution in [0.1, 0.15) is 24.0 Å². The molecule has 0 radical (unpaired) electrons. The monoisotopic (exact) mass is 227 g/mol. The number of nitrogens with two attached hydrogens (primary N) is 1. The molecule has 3 N–H and O–H groups in total. The molecule has 0 aromatic heterocycles. The highest BCUT2D eigenvalue weighted by Gasteiger charge is 2.07. The number of nitrogen functional groups attached to an aromatic ring is 1. The van der Waals surface area contributed by atoms with E-state index in [1.54, 1.807) is 6.07 Å². The molecule has 0 spiro atoms. The normalized spacial score (nSPS) is 12.3. The average Bonchev–Trinajstić information content (AvgIpc) is 2.35. The molecule has 0 aliphatic heterocycles. The van der Waals surface area contributed by atoms with E-state index in [1.165, 1.54) is 5.56 Å². The molecule has 2 rings (SSSR count). The molecule has 0 bridgehead atoms. The van der Waals surface area contributed by atoms with Crippen LogP contribution in [-0.4, -0.2) is 5.11 Å². The average molecular weight is 227 g/mol. The first-order chi connectivity index (χ1) is 8.16. The van der Waals surface area contributed by atoms with Crippen LogP contribution in [0.5, 0.6) is 5.75 Å². The Morgan fingerprint density at radius 2 is 1.82 bits per heavy atom. The molecule has 2 nitrogen and oxygen atoms in total. The minimum Gasteiger partial charge on any atom is -0.506 e. The fourth-order valence-corrected chi connectivity index (χ4v) is 1.98. The second kappa shape index (κ2) is 4.91. The summed E-state index contributed by atoms with van der Waals surface area (Å²) in [6, 6.07) is 15.8. The highest BCUT2D eigenvalue weighted by molar-refractivity contribution is 5.53. The summed E-state index contributed by atoms with van der Waals surface area (Å²) in [5.74, 6) is 0.598. The maximum atomic E-state index is 9.37. The van der Waals surface area contributed by atoms with Gasteiger partial charge in [-0.25, -0.2) is 0 Å². The zero-order valence-electron chi connectivity index (χ0n) is 9.93. The van der Waals surface area contributed by atoms with Crippen molar-refractivity contribution in [3.05, 3.63) is 59.7 Å². The Kier molecular flexibility index (Phi) is 3.33. The first-order valence-electron chi connectivity index (χ1n) is 5.79. The molecule has 0 saturated heterocycles. The van der Waals surface area contributed by atoms with Crippen molar-refractivity contribution in [3.8, 4) is 5.75 Å². The van der Waals surface area contributed by atoms with Gasteiger partial charge in [0.1, 0.15) is 5.75 Å². The number of benzene rings is 2. The number of anilines is 1. The second-order valence-electron chi connectivity index (χ2n) is 4.41. The van der Waals surface area contributed by atoms with Gasteiger partial charge in [0.2, 0.25) is 0 Å². The van der Waals surface area contributed by atoms with Gasteiger partial charge >= 0.3 is 0 Å². The molecule has 1 unspecified atom stereocenters. The SMILES string of the molecule is CC(Cc1ccc(O)c(N)c1)c1ccccc1. The first-order valence-corrected chi connectivity index (χ1v) is 5.79. The second-order valence-corrected chi connectivity index (χ2v) is 4.41. The molecule has 0 aliphatic carbocycles. The van der Waals surface area contributed by atoms with E-state index >= 15 is 0 Å². The predicted octanol–water partition coefficient (Wildman–Crippen LogP) is 3.32. The number of rotatable bonds is 3. The van der Waals surface area contributed by atoms with Crippen molar-refractivity contribution in [2.75, 3.05) is 5.73 Å². The smallest absolute Gasteiger partial charge is 0.138 e. The van der Waals surface area contributed by atoms with Crippen LogP contribution in [0.4, 0.5) is 5.69 Å². The van der Waals surface area contributed by atoms with Crippen molar-refractivity contribution in [2.45, 2.75) is 19.3 Å². The summed E-state index contributed by atoms with van der Waals surface area (Å²) >= 11 is 0. The molecule has 0 saturated carbocycles. The molecule has 0 heterocycles. The molecular weight excluding hydrogens is 210 g/mol. The van der Waals surface area contributed by atoms with Gasteiger partial charge in [-0.1, -0.05) is 43.3 Å². The third-order valence-corrected chi connectivity index (χ3v) is 3.00. The zero-order chi connectivity index (χ0) is 12.3. The van der Waals surface area contributed by atoms with Gasteiger partial charge in [-0.15, -0.1) is 0 Å². The Morgan fingerprint density at radius 3 is 2.47 bits per heavy atom. The van der Waals surface area contributed by atoms with Gasteiger partial charge in [-0.05, 0) is 35.6 Å². The fourth-order valence-electron chi connectivity index (χ4n) is 1.98. The van der Waals surface area contributed by atoms with Gasteiger partial charge in [0.05, 0.1) is 5.69 Å². The van der Waals surface area contributed by atoms with Gasteiger partial charge < -0.3 is 10.8 Å². The van der Waals surface area contributed by atoms with Gasteiger partial charge in [-0.2, -0.15) is 0 Å². The summed E-state index contributed by atoms with van der Waals surface area (Å²) < 4.78 is 0. The summed E-state index contributed by atoms with van der Waals surface area (Å²) in [4.78, 5) is 0. The van der Waals surface area contributed by atoms with Crippen molar-refractivity contribution in [2.24, 2.45) is 0 Å². The molecule has 2 aromatic rings.